The van der Waals surface area contributed by atoms with Crippen LogP contribution in [-0.4, -0.2) is 37.2 Å². The average Bonchev–Trinajstić information content (AvgIpc) is 3.17. The summed E-state index contributed by atoms with van der Waals surface area (Å²) in [5.41, 5.74) is 0. The van der Waals surface area contributed by atoms with Gasteiger partial charge in [-0.15, -0.1) is 0 Å². The highest BCUT2D eigenvalue weighted by molar-refractivity contribution is 5.71. The summed E-state index contributed by atoms with van der Waals surface area (Å²) in [4.78, 5) is 37.6. The summed E-state index contributed by atoms with van der Waals surface area (Å²) in [5, 5.41) is 0. The average molecular weight is 759 g/mol. The number of carbonyl (C=O) groups excluding carboxylic acids is 3. The largest absolute Gasteiger partial charge is 0.462 e. The van der Waals surface area contributed by atoms with Crippen LogP contribution in [0.15, 0.2) is 36.5 Å². The standard InChI is InChI=1S/C48H86O6/c1-4-7-10-13-16-19-21-23-24-26-27-29-32-35-38-41-47(50)53-44-45(43-52-46(49)40-37-34-31-18-15-12-9-6-3)54-48(51)42-39-36-33-30-28-25-22-20-17-14-11-8-5-2/h8,11,17,20,25,28,45H,4-7,9-10,12-16,18-19,21-24,26-27,29-44H2,1-3H3/b11-8-,20-17-,28-25-. The molecule has 314 valence electrons. The van der Waals surface area contributed by atoms with Crippen LogP contribution in [0.4, 0.5) is 0 Å². The molecule has 0 aliphatic carbocycles. The number of hydrogen-bond acceptors (Lipinski definition) is 6. The zero-order chi connectivity index (χ0) is 39.4. The maximum Gasteiger partial charge on any atom is 0.306 e. The Bertz CT molecular complexity index is 922. The van der Waals surface area contributed by atoms with E-state index < -0.39 is 6.10 Å². The van der Waals surface area contributed by atoms with E-state index in [9.17, 15) is 14.4 Å². The number of hydrogen-bond donors (Lipinski definition) is 0. The molecule has 0 aliphatic rings. The third kappa shape index (κ3) is 40.8. The summed E-state index contributed by atoms with van der Waals surface area (Å²) >= 11 is 0. The maximum absolute atomic E-state index is 12.7. The second-order valence-electron chi connectivity index (χ2n) is 15.3. The number of esters is 3. The Balaban J connectivity index is 4.34. The van der Waals surface area contributed by atoms with E-state index in [1.807, 2.05) is 0 Å². The molecule has 54 heavy (non-hydrogen) atoms. The van der Waals surface area contributed by atoms with Gasteiger partial charge in [0.1, 0.15) is 13.2 Å². The van der Waals surface area contributed by atoms with Crippen LogP contribution in [0.2, 0.25) is 0 Å². The lowest BCUT2D eigenvalue weighted by atomic mass is 10.0. The quantitative estimate of drug-likeness (QED) is 0.0267. The van der Waals surface area contributed by atoms with Crippen LogP contribution in [-0.2, 0) is 28.6 Å². The van der Waals surface area contributed by atoms with Gasteiger partial charge in [-0.05, 0) is 51.4 Å². The zero-order valence-electron chi connectivity index (χ0n) is 35.7. The van der Waals surface area contributed by atoms with Crippen LogP contribution in [0.1, 0.15) is 233 Å². The first-order chi connectivity index (χ1) is 26.5. The van der Waals surface area contributed by atoms with E-state index >= 15 is 0 Å². The molecule has 0 N–H and O–H groups in total. The minimum atomic E-state index is -0.779. The van der Waals surface area contributed by atoms with Crippen molar-refractivity contribution in [2.24, 2.45) is 0 Å². The third-order valence-electron chi connectivity index (χ3n) is 9.91. The SMILES string of the molecule is CC/C=C\C/C=C\C/C=C\CCCCCC(=O)OC(COC(=O)CCCCCCCCCC)COC(=O)CCCCCCCCCCCCCCCCC. The Labute approximate surface area is 334 Å². The van der Waals surface area contributed by atoms with Crippen molar-refractivity contribution in [1.82, 2.24) is 0 Å². The third-order valence-corrected chi connectivity index (χ3v) is 9.91. The van der Waals surface area contributed by atoms with Crippen LogP contribution >= 0.6 is 0 Å². The number of unbranched alkanes of at least 4 members (excludes halogenated alkanes) is 24. The van der Waals surface area contributed by atoms with Crippen molar-refractivity contribution < 1.29 is 28.6 Å². The van der Waals surface area contributed by atoms with E-state index in [-0.39, 0.29) is 31.1 Å². The smallest absolute Gasteiger partial charge is 0.306 e. The predicted octanol–water partition coefficient (Wildman–Crippen LogP) is 14.6. The molecular formula is C48H86O6. The van der Waals surface area contributed by atoms with E-state index in [0.717, 1.165) is 83.5 Å². The van der Waals surface area contributed by atoms with Crippen molar-refractivity contribution in [2.45, 2.75) is 239 Å². The second-order valence-corrected chi connectivity index (χ2v) is 15.3. The summed E-state index contributed by atoms with van der Waals surface area (Å²) < 4.78 is 16.7. The van der Waals surface area contributed by atoms with E-state index in [2.05, 4.69) is 57.2 Å². The first kappa shape index (κ1) is 51.6. The van der Waals surface area contributed by atoms with Crippen LogP contribution in [0, 0.1) is 0 Å². The van der Waals surface area contributed by atoms with E-state index in [0.29, 0.717) is 19.3 Å². The van der Waals surface area contributed by atoms with Crippen molar-refractivity contribution >= 4 is 17.9 Å². The lowest BCUT2D eigenvalue weighted by Gasteiger charge is -2.18. The molecule has 0 saturated heterocycles. The molecule has 0 aromatic rings. The summed E-state index contributed by atoms with van der Waals surface area (Å²) in [5.74, 6) is -0.911. The minimum Gasteiger partial charge on any atom is -0.462 e. The molecule has 6 nitrogen and oxygen atoms in total. The van der Waals surface area contributed by atoms with Crippen molar-refractivity contribution in [1.29, 1.82) is 0 Å². The van der Waals surface area contributed by atoms with Crippen LogP contribution in [0.25, 0.3) is 0 Å². The molecule has 1 atom stereocenters. The second kappa shape index (κ2) is 43.4. The Morgan fingerprint density at radius 2 is 0.722 bits per heavy atom. The van der Waals surface area contributed by atoms with Gasteiger partial charge in [-0.25, -0.2) is 0 Å². The van der Waals surface area contributed by atoms with Gasteiger partial charge < -0.3 is 14.2 Å². The molecule has 0 radical (unpaired) electrons. The molecule has 0 spiro atoms. The Morgan fingerprint density at radius 1 is 0.389 bits per heavy atom. The summed E-state index contributed by atoms with van der Waals surface area (Å²) in [6.07, 6.45) is 48.5. The molecule has 0 amide bonds. The minimum absolute atomic E-state index is 0.0809. The highest BCUT2D eigenvalue weighted by Crippen LogP contribution is 2.15. The molecule has 0 aromatic heterocycles. The topological polar surface area (TPSA) is 78.9 Å². The van der Waals surface area contributed by atoms with Gasteiger partial charge in [0.2, 0.25) is 0 Å². The Morgan fingerprint density at radius 3 is 1.13 bits per heavy atom. The molecule has 6 heteroatoms. The van der Waals surface area contributed by atoms with Gasteiger partial charge in [0.05, 0.1) is 0 Å². The monoisotopic (exact) mass is 759 g/mol. The van der Waals surface area contributed by atoms with Gasteiger partial charge in [0, 0.05) is 19.3 Å². The van der Waals surface area contributed by atoms with Crippen molar-refractivity contribution in [3.8, 4) is 0 Å². The maximum atomic E-state index is 12.7. The van der Waals surface area contributed by atoms with Crippen LogP contribution < -0.4 is 0 Å². The fraction of sp³-hybridized carbons (Fsp3) is 0.812. The van der Waals surface area contributed by atoms with Gasteiger partial charge >= 0.3 is 17.9 Å². The Hall–Kier alpha value is -2.37. The highest BCUT2D eigenvalue weighted by Gasteiger charge is 2.19. The van der Waals surface area contributed by atoms with Crippen LogP contribution in [0.3, 0.4) is 0 Å². The molecule has 0 saturated carbocycles. The number of rotatable bonds is 41. The predicted molar refractivity (Wildman–Crippen MR) is 229 cm³/mol. The van der Waals surface area contributed by atoms with E-state index in [1.165, 1.54) is 109 Å². The summed E-state index contributed by atoms with van der Waals surface area (Å²) in [6, 6.07) is 0. The molecule has 0 rings (SSSR count). The van der Waals surface area contributed by atoms with E-state index in [4.69, 9.17) is 14.2 Å². The number of carbonyl (C=O) groups is 3. The lowest BCUT2D eigenvalue weighted by molar-refractivity contribution is -0.167. The van der Waals surface area contributed by atoms with Gasteiger partial charge in [-0.3, -0.25) is 14.4 Å². The highest BCUT2D eigenvalue weighted by atomic mass is 16.6. The molecule has 0 aromatic carbocycles. The van der Waals surface area contributed by atoms with Gasteiger partial charge in [0.25, 0.3) is 0 Å². The van der Waals surface area contributed by atoms with Gasteiger partial charge in [-0.1, -0.05) is 198 Å². The fourth-order valence-electron chi connectivity index (χ4n) is 6.46. The first-order valence-electron chi connectivity index (χ1n) is 23.0. The molecule has 0 aliphatic heterocycles. The fourth-order valence-corrected chi connectivity index (χ4v) is 6.46. The summed E-state index contributed by atoms with van der Waals surface area (Å²) in [7, 11) is 0. The molecule has 0 fully saturated rings. The molecule has 1 unspecified atom stereocenters. The van der Waals surface area contributed by atoms with Crippen molar-refractivity contribution in [3.05, 3.63) is 36.5 Å². The molecule has 0 heterocycles. The first-order valence-corrected chi connectivity index (χ1v) is 23.0. The van der Waals surface area contributed by atoms with Gasteiger partial charge in [0.15, 0.2) is 6.10 Å². The van der Waals surface area contributed by atoms with E-state index in [1.54, 1.807) is 0 Å². The van der Waals surface area contributed by atoms with Gasteiger partial charge in [-0.2, -0.15) is 0 Å². The van der Waals surface area contributed by atoms with Crippen molar-refractivity contribution in [2.75, 3.05) is 13.2 Å². The number of ether oxygens (including phenoxy) is 3. The zero-order valence-corrected chi connectivity index (χ0v) is 35.7. The Kier molecular flexibility index (Phi) is 41.5. The molecule has 0 bridgehead atoms. The lowest BCUT2D eigenvalue weighted by Crippen LogP contribution is -2.30. The number of allylic oxidation sites excluding steroid dienone is 6. The van der Waals surface area contributed by atoms with Crippen molar-refractivity contribution in [3.63, 3.8) is 0 Å². The van der Waals surface area contributed by atoms with Crippen LogP contribution in [0.5, 0.6) is 0 Å². The molecular weight excluding hydrogens is 673 g/mol. The normalized spacial score (nSPS) is 12.3. The summed E-state index contributed by atoms with van der Waals surface area (Å²) in [6.45, 7) is 6.47.